The second-order valence-electron chi connectivity index (χ2n) is 4.59. The van der Waals surface area contributed by atoms with Crippen LogP contribution in [-0.2, 0) is 4.74 Å². The molecule has 2 heteroatoms. The van der Waals surface area contributed by atoms with Crippen LogP contribution in [0.3, 0.4) is 0 Å². The maximum Gasteiger partial charge on any atom is 0.194 e. The van der Waals surface area contributed by atoms with Crippen molar-refractivity contribution in [1.29, 1.82) is 0 Å². The summed E-state index contributed by atoms with van der Waals surface area (Å²) in [4.78, 5) is 12.3. The van der Waals surface area contributed by atoms with Crippen LogP contribution in [0.2, 0.25) is 0 Å². The maximum atomic E-state index is 12.3. The summed E-state index contributed by atoms with van der Waals surface area (Å²) >= 11 is 0. The highest BCUT2D eigenvalue weighted by Gasteiger charge is 2.29. The zero-order chi connectivity index (χ0) is 12.3. The van der Waals surface area contributed by atoms with E-state index >= 15 is 0 Å². The molecule has 2 nitrogen and oxygen atoms in total. The van der Waals surface area contributed by atoms with Gasteiger partial charge in [0.25, 0.3) is 0 Å². The first-order valence-electron chi connectivity index (χ1n) is 5.64. The molecule has 0 spiro atoms. The largest absolute Gasteiger partial charge is 0.368 e. The Morgan fingerprint density at radius 2 is 1.94 bits per heavy atom. The maximum absolute atomic E-state index is 12.3. The first-order valence-corrected chi connectivity index (χ1v) is 5.64. The monoisotopic (exact) mass is 220 g/mol. The number of carbonyl (C=O) groups excluding carboxylic acids is 1. The summed E-state index contributed by atoms with van der Waals surface area (Å²) in [5.41, 5.74) is 2.19. The second kappa shape index (κ2) is 4.79. The van der Waals surface area contributed by atoms with Gasteiger partial charge in [0.2, 0.25) is 0 Å². The van der Waals surface area contributed by atoms with Gasteiger partial charge in [-0.2, -0.15) is 0 Å². The highest BCUT2D eigenvalue weighted by Crippen LogP contribution is 2.20. The molecule has 0 atom stereocenters. The number of rotatable bonds is 4. The lowest BCUT2D eigenvalue weighted by molar-refractivity contribution is 0.00120. The highest BCUT2D eigenvalue weighted by atomic mass is 16.5. The van der Waals surface area contributed by atoms with Gasteiger partial charge >= 0.3 is 0 Å². The summed E-state index contributed by atoms with van der Waals surface area (Å²) < 4.78 is 5.48. The van der Waals surface area contributed by atoms with Gasteiger partial charge in [-0.05, 0) is 40.2 Å². The van der Waals surface area contributed by atoms with Gasteiger partial charge in [0.1, 0.15) is 5.60 Å². The molecule has 0 aliphatic carbocycles. The molecule has 0 aliphatic rings. The van der Waals surface area contributed by atoms with Gasteiger partial charge in [0.15, 0.2) is 5.78 Å². The van der Waals surface area contributed by atoms with Gasteiger partial charge in [-0.25, -0.2) is 0 Å². The van der Waals surface area contributed by atoms with Gasteiger partial charge in [0.05, 0.1) is 0 Å². The Balaban J connectivity index is 3.05. The van der Waals surface area contributed by atoms with Crippen molar-refractivity contribution in [3.05, 3.63) is 34.9 Å². The molecule has 16 heavy (non-hydrogen) atoms. The van der Waals surface area contributed by atoms with Crippen LogP contribution in [0.5, 0.6) is 0 Å². The lowest BCUT2D eigenvalue weighted by atomic mass is 9.92. The zero-order valence-corrected chi connectivity index (χ0v) is 10.8. The topological polar surface area (TPSA) is 26.3 Å². The Kier molecular flexibility index (Phi) is 3.87. The lowest BCUT2D eigenvalue weighted by Crippen LogP contribution is -2.35. The van der Waals surface area contributed by atoms with E-state index in [1.807, 2.05) is 52.8 Å². The first-order chi connectivity index (χ1) is 7.38. The normalized spacial score (nSPS) is 11.6. The Morgan fingerprint density at radius 3 is 2.44 bits per heavy atom. The van der Waals surface area contributed by atoms with Crippen molar-refractivity contribution in [1.82, 2.24) is 0 Å². The van der Waals surface area contributed by atoms with Crippen molar-refractivity contribution < 1.29 is 9.53 Å². The van der Waals surface area contributed by atoms with Crippen LogP contribution in [0.4, 0.5) is 0 Å². The van der Waals surface area contributed by atoms with Gasteiger partial charge in [-0.3, -0.25) is 4.79 Å². The number of ketones is 1. The summed E-state index contributed by atoms with van der Waals surface area (Å²) in [5, 5.41) is 0. The minimum atomic E-state index is -0.741. The van der Waals surface area contributed by atoms with E-state index in [1.54, 1.807) is 0 Å². The summed E-state index contributed by atoms with van der Waals surface area (Å²) in [6.45, 7) is 10.1. The van der Waals surface area contributed by atoms with Crippen LogP contribution in [0.15, 0.2) is 18.2 Å². The van der Waals surface area contributed by atoms with E-state index in [4.69, 9.17) is 4.74 Å². The average Bonchev–Trinajstić information content (AvgIpc) is 2.16. The standard InChI is InChI=1S/C14H20O2/c1-6-16-14(4,5)13(15)12-8-7-10(2)9-11(12)3/h7-9H,6H2,1-5H3. The molecule has 0 amide bonds. The SMILES string of the molecule is CCOC(C)(C)C(=O)c1ccc(C)cc1C. The summed E-state index contributed by atoms with van der Waals surface area (Å²) in [7, 11) is 0. The predicted octanol–water partition coefficient (Wildman–Crippen LogP) is 3.30. The van der Waals surface area contributed by atoms with Crippen LogP contribution in [0.25, 0.3) is 0 Å². The molecule has 1 aromatic rings. The quantitative estimate of drug-likeness (QED) is 0.728. The van der Waals surface area contributed by atoms with Crippen LogP contribution < -0.4 is 0 Å². The van der Waals surface area contributed by atoms with Crippen LogP contribution in [0, 0.1) is 13.8 Å². The predicted molar refractivity (Wildman–Crippen MR) is 66.0 cm³/mol. The number of hydrogen-bond donors (Lipinski definition) is 0. The smallest absolute Gasteiger partial charge is 0.194 e. The van der Waals surface area contributed by atoms with Gasteiger partial charge in [-0.1, -0.05) is 23.8 Å². The Bertz CT molecular complexity index is 392. The number of Topliss-reactive ketones (excluding diaryl/α,β-unsaturated/α-hetero) is 1. The summed E-state index contributed by atoms with van der Waals surface area (Å²) in [6, 6.07) is 5.87. The minimum absolute atomic E-state index is 0.0480. The van der Waals surface area contributed by atoms with Crippen LogP contribution >= 0.6 is 0 Å². The third-order valence-corrected chi connectivity index (χ3v) is 2.68. The minimum Gasteiger partial charge on any atom is -0.368 e. The van der Waals surface area contributed by atoms with Crippen molar-refractivity contribution >= 4 is 5.78 Å². The molecule has 1 rings (SSSR count). The molecular formula is C14H20O2. The molecule has 0 saturated carbocycles. The fraction of sp³-hybridized carbons (Fsp3) is 0.500. The van der Waals surface area contributed by atoms with Gasteiger partial charge < -0.3 is 4.74 Å². The molecule has 0 saturated heterocycles. The van der Waals surface area contributed by atoms with E-state index in [9.17, 15) is 4.79 Å². The summed E-state index contributed by atoms with van der Waals surface area (Å²) in [5.74, 6) is 0.0480. The molecule has 0 N–H and O–H groups in total. The Morgan fingerprint density at radius 1 is 1.31 bits per heavy atom. The molecule has 0 heterocycles. The van der Waals surface area contributed by atoms with Crippen LogP contribution in [0.1, 0.15) is 42.3 Å². The number of aryl methyl sites for hydroxylation is 2. The molecule has 0 fully saturated rings. The number of ether oxygens (including phenoxy) is 1. The molecular weight excluding hydrogens is 200 g/mol. The fourth-order valence-electron chi connectivity index (χ4n) is 1.82. The Labute approximate surface area is 97.6 Å². The van der Waals surface area contributed by atoms with Crippen molar-refractivity contribution in [2.75, 3.05) is 6.61 Å². The van der Waals surface area contributed by atoms with Gasteiger partial charge in [-0.15, -0.1) is 0 Å². The number of hydrogen-bond acceptors (Lipinski definition) is 2. The van der Waals surface area contributed by atoms with E-state index in [0.717, 1.165) is 11.1 Å². The third kappa shape index (κ3) is 2.70. The number of carbonyl (C=O) groups is 1. The van der Waals surface area contributed by atoms with Gasteiger partial charge in [0, 0.05) is 12.2 Å². The van der Waals surface area contributed by atoms with Crippen LogP contribution in [-0.4, -0.2) is 18.0 Å². The van der Waals surface area contributed by atoms with Crippen molar-refractivity contribution in [2.24, 2.45) is 0 Å². The summed E-state index contributed by atoms with van der Waals surface area (Å²) in [6.07, 6.45) is 0. The average molecular weight is 220 g/mol. The number of benzene rings is 1. The van der Waals surface area contributed by atoms with E-state index in [0.29, 0.717) is 6.61 Å². The molecule has 0 unspecified atom stereocenters. The van der Waals surface area contributed by atoms with E-state index in [2.05, 4.69) is 0 Å². The van der Waals surface area contributed by atoms with Crippen molar-refractivity contribution in [3.8, 4) is 0 Å². The molecule has 0 bridgehead atoms. The molecule has 0 aromatic heterocycles. The second-order valence-corrected chi connectivity index (χ2v) is 4.59. The Hall–Kier alpha value is -1.15. The molecule has 1 aromatic carbocycles. The first kappa shape index (κ1) is 12.9. The van der Waals surface area contributed by atoms with E-state index in [1.165, 1.54) is 5.56 Å². The third-order valence-electron chi connectivity index (χ3n) is 2.68. The highest BCUT2D eigenvalue weighted by molar-refractivity contribution is 6.03. The molecule has 0 radical (unpaired) electrons. The van der Waals surface area contributed by atoms with Crippen molar-refractivity contribution in [2.45, 2.75) is 40.2 Å². The lowest BCUT2D eigenvalue weighted by Gasteiger charge is -2.24. The zero-order valence-electron chi connectivity index (χ0n) is 10.8. The fourth-order valence-corrected chi connectivity index (χ4v) is 1.82. The van der Waals surface area contributed by atoms with Crippen molar-refractivity contribution in [3.63, 3.8) is 0 Å². The molecule has 88 valence electrons. The van der Waals surface area contributed by atoms with E-state index in [-0.39, 0.29) is 5.78 Å². The molecule has 0 aliphatic heterocycles. The van der Waals surface area contributed by atoms with E-state index < -0.39 is 5.60 Å².